The molecule has 130 valence electrons. The van der Waals surface area contributed by atoms with Gasteiger partial charge in [0, 0.05) is 12.2 Å². The van der Waals surface area contributed by atoms with E-state index in [1.807, 2.05) is 30.8 Å². The second-order valence-electron chi connectivity index (χ2n) is 6.05. The minimum atomic E-state index is -0.502. The smallest absolute Gasteiger partial charge is 0.225 e. The molecule has 0 fully saturated rings. The van der Waals surface area contributed by atoms with Crippen molar-refractivity contribution in [3.8, 4) is 11.5 Å². The maximum atomic E-state index is 13.1. The Balaban J connectivity index is 1.97. The zero-order valence-electron chi connectivity index (χ0n) is 14.1. The summed E-state index contributed by atoms with van der Waals surface area (Å²) in [5.74, 6) is 0.0783. The zero-order chi connectivity index (χ0) is 18.0. The minimum Gasteiger partial charge on any atom is -0.369 e. The van der Waals surface area contributed by atoms with Crippen LogP contribution in [0.15, 0.2) is 36.5 Å². The molecular formula is C17H19FN6O. The molecule has 0 aliphatic heterocycles. The molecule has 8 heteroatoms. The van der Waals surface area contributed by atoms with Crippen LogP contribution in [0.4, 0.5) is 4.39 Å². The Hall–Kier alpha value is -3.03. The van der Waals surface area contributed by atoms with Gasteiger partial charge in [-0.05, 0) is 37.6 Å². The number of hydrogen-bond donors (Lipinski definition) is 1. The Morgan fingerprint density at radius 1 is 1.20 bits per heavy atom. The standard InChI is InChI=1S/C17H19FN6O/c1-11(2)23-8-7-14(21-23)17-20-16(9-15(19)25)22-24(17)10-12-3-5-13(18)6-4-12/h3-8,11H,9-10H2,1-2H3,(H2,19,25). The number of halogens is 1. The van der Waals surface area contributed by atoms with Crippen LogP contribution < -0.4 is 5.73 Å². The Morgan fingerprint density at radius 2 is 1.92 bits per heavy atom. The van der Waals surface area contributed by atoms with Crippen molar-refractivity contribution in [1.29, 1.82) is 0 Å². The summed E-state index contributed by atoms with van der Waals surface area (Å²) in [6, 6.07) is 8.21. The molecular weight excluding hydrogens is 323 g/mol. The van der Waals surface area contributed by atoms with Crippen LogP contribution in [-0.2, 0) is 17.8 Å². The molecule has 2 aromatic heterocycles. The number of carbonyl (C=O) groups is 1. The number of carbonyl (C=O) groups excluding carboxylic acids is 1. The van der Waals surface area contributed by atoms with Crippen LogP contribution in [0.25, 0.3) is 11.5 Å². The zero-order valence-corrected chi connectivity index (χ0v) is 14.1. The van der Waals surface area contributed by atoms with Crippen LogP contribution in [0.3, 0.4) is 0 Å². The number of nitrogens with zero attached hydrogens (tertiary/aromatic N) is 5. The number of nitrogens with two attached hydrogens (primary N) is 1. The second kappa shape index (κ2) is 6.84. The topological polar surface area (TPSA) is 91.6 Å². The van der Waals surface area contributed by atoms with Gasteiger partial charge in [0.15, 0.2) is 11.6 Å². The third-order valence-electron chi connectivity index (χ3n) is 3.66. The van der Waals surface area contributed by atoms with Crippen LogP contribution in [0.1, 0.15) is 31.3 Å². The van der Waals surface area contributed by atoms with Crippen molar-refractivity contribution in [1.82, 2.24) is 24.5 Å². The largest absolute Gasteiger partial charge is 0.369 e. The van der Waals surface area contributed by atoms with E-state index in [1.165, 1.54) is 12.1 Å². The molecule has 0 atom stereocenters. The normalized spacial score (nSPS) is 11.2. The Morgan fingerprint density at radius 3 is 2.52 bits per heavy atom. The molecule has 25 heavy (non-hydrogen) atoms. The van der Waals surface area contributed by atoms with Gasteiger partial charge in [-0.2, -0.15) is 10.2 Å². The fraction of sp³-hybridized carbons (Fsp3) is 0.294. The van der Waals surface area contributed by atoms with Crippen molar-refractivity contribution in [2.24, 2.45) is 5.73 Å². The SMILES string of the molecule is CC(C)n1ccc(-c2nc(CC(N)=O)nn2Cc2ccc(F)cc2)n1. The van der Waals surface area contributed by atoms with Gasteiger partial charge in [-0.3, -0.25) is 9.48 Å². The van der Waals surface area contributed by atoms with Crippen LogP contribution in [0.5, 0.6) is 0 Å². The lowest BCUT2D eigenvalue weighted by Crippen LogP contribution is -2.15. The van der Waals surface area contributed by atoms with E-state index in [4.69, 9.17) is 5.73 Å². The number of aromatic nitrogens is 5. The molecule has 0 aliphatic rings. The number of primary amides is 1. The molecule has 0 bridgehead atoms. The first kappa shape index (κ1) is 16.8. The molecule has 2 N–H and O–H groups in total. The molecule has 0 saturated heterocycles. The van der Waals surface area contributed by atoms with E-state index in [-0.39, 0.29) is 18.3 Å². The Labute approximate surface area is 144 Å². The predicted octanol–water partition coefficient (Wildman–Crippen LogP) is 1.94. The summed E-state index contributed by atoms with van der Waals surface area (Å²) in [4.78, 5) is 15.6. The van der Waals surface area contributed by atoms with Crippen molar-refractivity contribution in [3.05, 3.63) is 53.7 Å². The minimum absolute atomic E-state index is 0.0473. The van der Waals surface area contributed by atoms with Crippen molar-refractivity contribution in [3.63, 3.8) is 0 Å². The first-order chi connectivity index (χ1) is 11.9. The van der Waals surface area contributed by atoms with E-state index in [9.17, 15) is 9.18 Å². The van der Waals surface area contributed by atoms with E-state index in [1.54, 1.807) is 16.8 Å². The highest BCUT2D eigenvalue weighted by Crippen LogP contribution is 2.18. The summed E-state index contributed by atoms with van der Waals surface area (Å²) in [5, 5.41) is 8.87. The maximum Gasteiger partial charge on any atom is 0.225 e. The van der Waals surface area contributed by atoms with Gasteiger partial charge in [0.1, 0.15) is 11.5 Å². The second-order valence-corrected chi connectivity index (χ2v) is 6.05. The summed E-state index contributed by atoms with van der Waals surface area (Å²) in [5.41, 5.74) is 6.76. The average Bonchev–Trinajstić information content (AvgIpc) is 3.16. The van der Waals surface area contributed by atoms with E-state index in [0.717, 1.165) is 5.56 Å². The van der Waals surface area contributed by atoms with Gasteiger partial charge < -0.3 is 5.73 Å². The number of rotatable bonds is 6. The van der Waals surface area contributed by atoms with Gasteiger partial charge in [-0.25, -0.2) is 14.1 Å². The lowest BCUT2D eigenvalue weighted by molar-refractivity contribution is -0.117. The van der Waals surface area contributed by atoms with Gasteiger partial charge in [-0.1, -0.05) is 12.1 Å². The summed E-state index contributed by atoms with van der Waals surface area (Å²) in [6.45, 7) is 4.44. The molecule has 2 heterocycles. The van der Waals surface area contributed by atoms with E-state index in [2.05, 4.69) is 15.2 Å². The van der Waals surface area contributed by atoms with E-state index in [0.29, 0.717) is 23.9 Å². The van der Waals surface area contributed by atoms with Gasteiger partial charge in [0.2, 0.25) is 5.91 Å². The van der Waals surface area contributed by atoms with Crippen molar-refractivity contribution in [2.75, 3.05) is 0 Å². The van der Waals surface area contributed by atoms with Crippen molar-refractivity contribution in [2.45, 2.75) is 32.9 Å². The number of benzene rings is 1. The highest BCUT2D eigenvalue weighted by Gasteiger charge is 2.16. The number of hydrogen-bond acceptors (Lipinski definition) is 4. The van der Waals surface area contributed by atoms with Gasteiger partial charge in [-0.15, -0.1) is 0 Å². The lowest BCUT2D eigenvalue weighted by atomic mass is 10.2. The van der Waals surface area contributed by atoms with Gasteiger partial charge in [0.25, 0.3) is 0 Å². The van der Waals surface area contributed by atoms with Crippen LogP contribution >= 0.6 is 0 Å². The fourth-order valence-electron chi connectivity index (χ4n) is 2.43. The molecule has 3 rings (SSSR count). The third kappa shape index (κ3) is 3.90. The molecule has 3 aromatic rings. The molecule has 0 spiro atoms. The molecule has 0 unspecified atom stereocenters. The van der Waals surface area contributed by atoms with Crippen LogP contribution in [0.2, 0.25) is 0 Å². The fourth-order valence-corrected chi connectivity index (χ4v) is 2.43. The maximum absolute atomic E-state index is 13.1. The quantitative estimate of drug-likeness (QED) is 0.741. The average molecular weight is 342 g/mol. The van der Waals surface area contributed by atoms with Crippen molar-refractivity contribution < 1.29 is 9.18 Å². The Kier molecular flexibility index (Phi) is 4.60. The highest BCUT2D eigenvalue weighted by atomic mass is 19.1. The van der Waals surface area contributed by atoms with Gasteiger partial charge >= 0.3 is 0 Å². The van der Waals surface area contributed by atoms with E-state index >= 15 is 0 Å². The third-order valence-corrected chi connectivity index (χ3v) is 3.66. The molecule has 0 saturated carbocycles. The van der Waals surface area contributed by atoms with Crippen LogP contribution in [0, 0.1) is 5.82 Å². The summed E-state index contributed by atoms with van der Waals surface area (Å²) >= 11 is 0. The monoisotopic (exact) mass is 342 g/mol. The highest BCUT2D eigenvalue weighted by molar-refractivity contribution is 5.75. The predicted molar refractivity (Wildman–Crippen MR) is 90.0 cm³/mol. The first-order valence-corrected chi connectivity index (χ1v) is 7.94. The molecule has 0 aliphatic carbocycles. The van der Waals surface area contributed by atoms with Crippen LogP contribution in [-0.4, -0.2) is 30.5 Å². The van der Waals surface area contributed by atoms with Crippen molar-refractivity contribution >= 4 is 5.91 Å². The summed E-state index contributed by atoms with van der Waals surface area (Å²) < 4.78 is 16.6. The van der Waals surface area contributed by atoms with Gasteiger partial charge in [0.05, 0.1) is 13.0 Å². The first-order valence-electron chi connectivity index (χ1n) is 7.94. The Bertz CT molecular complexity index is 881. The summed E-state index contributed by atoms with van der Waals surface area (Å²) in [7, 11) is 0. The summed E-state index contributed by atoms with van der Waals surface area (Å²) in [6.07, 6.45) is 1.82. The molecule has 1 amide bonds. The molecule has 7 nitrogen and oxygen atoms in total. The van der Waals surface area contributed by atoms with E-state index < -0.39 is 5.91 Å². The number of amides is 1. The molecule has 0 radical (unpaired) electrons. The molecule has 1 aromatic carbocycles. The lowest BCUT2D eigenvalue weighted by Gasteiger charge is -2.06.